The van der Waals surface area contributed by atoms with Crippen LogP contribution in [0.4, 0.5) is 5.82 Å². The highest BCUT2D eigenvalue weighted by Crippen LogP contribution is 2.21. The normalized spacial score (nSPS) is 10.4. The maximum absolute atomic E-state index is 11.7. The van der Waals surface area contributed by atoms with Crippen LogP contribution in [0.3, 0.4) is 0 Å². The number of nitrogens with zero attached hydrogens (tertiary/aromatic N) is 2. The van der Waals surface area contributed by atoms with Crippen LogP contribution in [0.2, 0.25) is 0 Å². The molecule has 0 aliphatic heterocycles. The standard InChI is InChI=1S/C14H17N3O2/c1-3-10-7-5-6-8-12(10)17-13(15)11(9-16-17)14(18)19-4-2/h5-9H,3-4,15H2,1-2H3. The summed E-state index contributed by atoms with van der Waals surface area (Å²) in [4.78, 5) is 11.7. The van der Waals surface area contributed by atoms with Crippen LogP contribution in [0.1, 0.15) is 29.8 Å². The Morgan fingerprint density at radius 3 is 2.79 bits per heavy atom. The number of ether oxygens (including phenoxy) is 1. The molecule has 0 bridgehead atoms. The number of anilines is 1. The number of benzene rings is 1. The number of carbonyl (C=O) groups excluding carboxylic acids is 1. The van der Waals surface area contributed by atoms with E-state index >= 15 is 0 Å². The highest BCUT2D eigenvalue weighted by atomic mass is 16.5. The maximum atomic E-state index is 11.7. The minimum absolute atomic E-state index is 0.299. The summed E-state index contributed by atoms with van der Waals surface area (Å²) < 4.78 is 6.52. The number of nitrogen functional groups attached to an aromatic ring is 1. The predicted molar refractivity (Wildman–Crippen MR) is 73.3 cm³/mol. The van der Waals surface area contributed by atoms with Gasteiger partial charge in [0.15, 0.2) is 0 Å². The molecular weight excluding hydrogens is 242 g/mol. The first-order valence-corrected chi connectivity index (χ1v) is 6.27. The third kappa shape index (κ3) is 2.45. The lowest BCUT2D eigenvalue weighted by Gasteiger charge is -2.09. The van der Waals surface area contributed by atoms with Crippen LogP contribution in [-0.2, 0) is 11.2 Å². The van der Waals surface area contributed by atoms with Gasteiger partial charge in [-0.3, -0.25) is 0 Å². The Bertz CT molecular complexity index is 590. The third-order valence-electron chi connectivity index (χ3n) is 2.90. The van der Waals surface area contributed by atoms with Gasteiger partial charge in [-0.1, -0.05) is 25.1 Å². The molecule has 0 fully saturated rings. The second-order valence-corrected chi connectivity index (χ2v) is 4.06. The SMILES string of the molecule is CCOC(=O)c1cnn(-c2ccccc2CC)c1N. The second kappa shape index (κ2) is 5.56. The average molecular weight is 259 g/mol. The van der Waals surface area contributed by atoms with E-state index in [9.17, 15) is 4.79 Å². The molecule has 2 rings (SSSR count). The largest absolute Gasteiger partial charge is 0.462 e. The van der Waals surface area contributed by atoms with E-state index in [4.69, 9.17) is 10.5 Å². The van der Waals surface area contributed by atoms with Gasteiger partial charge in [-0.05, 0) is 25.0 Å². The Hall–Kier alpha value is -2.30. The van der Waals surface area contributed by atoms with Crippen LogP contribution < -0.4 is 5.73 Å². The van der Waals surface area contributed by atoms with Crippen LogP contribution in [0.25, 0.3) is 5.69 Å². The van der Waals surface area contributed by atoms with Crippen molar-refractivity contribution in [3.05, 3.63) is 41.6 Å². The molecule has 0 amide bonds. The molecule has 0 spiro atoms. The smallest absolute Gasteiger partial charge is 0.343 e. The number of aromatic nitrogens is 2. The number of hydrogen-bond acceptors (Lipinski definition) is 4. The van der Waals surface area contributed by atoms with Crippen molar-refractivity contribution in [2.45, 2.75) is 20.3 Å². The fraction of sp³-hybridized carbons (Fsp3) is 0.286. The van der Waals surface area contributed by atoms with Gasteiger partial charge in [-0.15, -0.1) is 0 Å². The van der Waals surface area contributed by atoms with Gasteiger partial charge in [-0.25, -0.2) is 9.48 Å². The fourth-order valence-electron chi connectivity index (χ4n) is 1.93. The quantitative estimate of drug-likeness (QED) is 0.854. The highest BCUT2D eigenvalue weighted by Gasteiger charge is 2.17. The molecule has 0 radical (unpaired) electrons. The average Bonchev–Trinajstić information content (AvgIpc) is 2.80. The predicted octanol–water partition coefficient (Wildman–Crippen LogP) is 2.19. The van der Waals surface area contributed by atoms with Gasteiger partial charge in [0, 0.05) is 0 Å². The lowest BCUT2D eigenvalue weighted by Crippen LogP contribution is -2.09. The van der Waals surface area contributed by atoms with E-state index in [1.165, 1.54) is 6.20 Å². The fourth-order valence-corrected chi connectivity index (χ4v) is 1.93. The zero-order valence-electron chi connectivity index (χ0n) is 11.1. The first kappa shape index (κ1) is 13.1. The number of esters is 1. The zero-order valence-corrected chi connectivity index (χ0v) is 11.1. The van der Waals surface area contributed by atoms with Crippen molar-refractivity contribution in [2.75, 3.05) is 12.3 Å². The molecule has 0 saturated heterocycles. The summed E-state index contributed by atoms with van der Waals surface area (Å²) in [5, 5.41) is 4.19. The third-order valence-corrected chi connectivity index (χ3v) is 2.90. The first-order chi connectivity index (χ1) is 9.19. The van der Waals surface area contributed by atoms with Crippen molar-refractivity contribution in [3.63, 3.8) is 0 Å². The van der Waals surface area contributed by atoms with E-state index < -0.39 is 5.97 Å². The number of hydrogen-bond donors (Lipinski definition) is 1. The molecule has 5 nitrogen and oxygen atoms in total. The summed E-state index contributed by atoms with van der Waals surface area (Å²) in [6.07, 6.45) is 2.31. The van der Waals surface area contributed by atoms with Crippen molar-refractivity contribution in [2.24, 2.45) is 0 Å². The number of aryl methyl sites for hydroxylation is 1. The zero-order chi connectivity index (χ0) is 13.8. The van der Waals surface area contributed by atoms with Crippen LogP contribution in [0.5, 0.6) is 0 Å². The molecule has 100 valence electrons. The van der Waals surface area contributed by atoms with Crippen molar-refractivity contribution in [1.29, 1.82) is 0 Å². The van der Waals surface area contributed by atoms with Crippen molar-refractivity contribution in [1.82, 2.24) is 9.78 Å². The van der Waals surface area contributed by atoms with Crippen molar-refractivity contribution in [3.8, 4) is 5.69 Å². The minimum Gasteiger partial charge on any atom is -0.462 e. The molecule has 1 heterocycles. The molecule has 5 heteroatoms. The van der Waals surface area contributed by atoms with E-state index in [1.807, 2.05) is 24.3 Å². The summed E-state index contributed by atoms with van der Waals surface area (Å²) in [6, 6.07) is 7.82. The highest BCUT2D eigenvalue weighted by molar-refractivity contribution is 5.94. The molecule has 0 aliphatic carbocycles. The molecule has 2 aromatic rings. The molecule has 0 atom stereocenters. The molecule has 1 aromatic carbocycles. The van der Waals surface area contributed by atoms with Gasteiger partial charge in [0.25, 0.3) is 0 Å². The minimum atomic E-state index is -0.444. The summed E-state index contributed by atoms with van der Waals surface area (Å²) in [5.41, 5.74) is 8.29. The van der Waals surface area contributed by atoms with Gasteiger partial charge in [-0.2, -0.15) is 5.10 Å². The van der Waals surface area contributed by atoms with E-state index in [-0.39, 0.29) is 0 Å². The Kier molecular flexibility index (Phi) is 3.85. The van der Waals surface area contributed by atoms with Crippen LogP contribution in [0, 0.1) is 0 Å². The van der Waals surface area contributed by atoms with E-state index in [2.05, 4.69) is 12.0 Å². The Balaban J connectivity index is 2.44. The molecule has 0 saturated carbocycles. The van der Waals surface area contributed by atoms with Crippen LogP contribution >= 0.6 is 0 Å². The van der Waals surface area contributed by atoms with Crippen LogP contribution in [-0.4, -0.2) is 22.4 Å². The maximum Gasteiger partial charge on any atom is 0.343 e. The number of carbonyl (C=O) groups is 1. The van der Waals surface area contributed by atoms with Gasteiger partial charge in [0.05, 0.1) is 18.5 Å². The second-order valence-electron chi connectivity index (χ2n) is 4.06. The summed E-state index contributed by atoms with van der Waals surface area (Å²) in [6.45, 7) is 4.13. The van der Waals surface area contributed by atoms with Gasteiger partial charge >= 0.3 is 5.97 Å². The van der Waals surface area contributed by atoms with Gasteiger partial charge < -0.3 is 10.5 Å². The lowest BCUT2D eigenvalue weighted by atomic mass is 10.1. The Labute approximate surface area is 112 Å². The van der Waals surface area contributed by atoms with Gasteiger partial charge in [0.2, 0.25) is 0 Å². The van der Waals surface area contributed by atoms with E-state index in [0.29, 0.717) is 18.0 Å². The summed E-state index contributed by atoms with van der Waals surface area (Å²) in [5.74, 6) is -0.139. The Morgan fingerprint density at radius 1 is 1.37 bits per heavy atom. The lowest BCUT2D eigenvalue weighted by molar-refractivity contribution is 0.0527. The number of para-hydroxylation sites is 1. The van der Waals surface area contributed by atoms with Crippen LogP contribution in [0.15, 0.2) is 30.5 Å². The molecule has 2 N–H and O–H groups in total. The molecule has 1 aromatic heterocycles. The van der Waals surface area contributed by atoms with Gasteiger partial charge in [0.1, 0.15) is 11.4 Å². The van der Waals surface area contributed by atoms with Crippen molar-refractivity contribution >= 4 is 11.8 Å². The molecular formula is C14H17N3O2. The Morgan fingerprint density at radius 2 is 2.11 bits per heavy atom. The summed E-state index contributed by atoms with van der Waals surface area (Å²) in [7, 11) is 0. The molecule has 0 unspecified atom stereocenters. The molecule has 0 aliphatic rings. The summed E-state index contributed by atoms with van der Waals surface area (Å²) >= 11 is 0. The first-order valence-electron chi connectivity index (χ1n) is 6.27. The van der Waals surface area contributed by atoms with E-state index in [1.54, 1.807) is 11.6 Å². The topological polar surface area (TPSA) is 70.1 Å². The molecule has 19 heavy (non-hydrogen) atoms. The van der Waals surface area contributed by atoms with E-state index in [0.717, 1.165) is 17.7 Å². The number of nitrogens with two attached hydrogens (primary N) is 1. The van der Waals surface area contributed by atoms with Crippen molar-refractivity contribution < 1.29 is 9.53 Å². The monoisotopic (exact) mass is 259 g/mol. The number of rotatable bonds is 4.